The molecule has 2 aromatic rings. The molecule has 0 bridgehead atoms. The largest absolute Gasteiger partial charge is 0.399 e. The number of hydrogen-bond acceptors (Lipinski definition) is 4. The summed E-state index contributed by atoms with van der Waals surface area (Å²) in [7, 11) is -2.73. The second-order valence-electron chi connectivity index (χ2n) is 11.1. The van der Waals surface area contributed by atoms with Crippen LogP contribution in [0.2, 0.25) is 5.04 Å². The van der Waals surface area contributed by atoms with E-state index in [1.807, 2.05) is 13.8 Å². The summed E-state index contributed by atoms with van der Waals surface area (Å²) in [4.78, 5) is 0. The fourth-order valence-electron chi connectivity index (χ4n) is 5.97. The van der Waals surface area contributed by atoms with Gasteiger partial charge in [-0.2, -0.15) is 0 Å². The van der Waals surface area contributed by atoms with E-state index in [4.69, 9.17) is 18.6 Å². The number of hydrogen-bond donors (Lipinski definition) is 0. The van der Waals surface area contributed by atoms with E-state index in [1.165, 1.54) is 10.4 Å². The summed E-state index contributed by atoms with van der Waals surface area (Å²) < 4.78 is 26.8. The minimum Gasteiger partial charge on any atom is -0.399 e. The number of benzene rings is 2. The Morgan fingerprint density at radius 3 is 1.94 bits per heavy atom. The highest BCUT2D eigenvalue weighted by Gasteiger charge is 2.73. The van der Waals surface area contributed by atoms with E-state index in [0.29, 0.717) is 5.92 Å². The van der Waals surface area contributed by atoms with E-state index in [0.717, 1.165) is 12.8 Å². The van der Waals surface area contributed by atoms with Crippen LogP contribution >= 0.6 is 0 Å². The van der Waals surface area contributed by atoms with Crippen LogP contribution in [0.15, 0.2) is 60.7 Å². The van der Waals surface area contributed by atoms with E-state index in [-0.39, 0.29) is 29.1 Å². The average Bonchev–Trinajstić information content (AvgIpc) is 3.28. The lowest BCUT2D eigenvalue weighted by Crippen LogP contribution is -2.69. The first kappa shape index (κ1) is 22.3. The second kappa shape index (κ2) is 7.50. The molecule has 0 radical (unpaired) electrons. The average molecular weight is 453 g/mol. The van der Waals surface area contributed by atoms with Gasteiger partial charge in [-0.05, 0) is 41.6 Å². The zero-order valence-electron chi connectivity index (χ0n) is 20.1. The molecule has 2 heterocycles. The lowest BCUT2D eigenvalue weighted by molar-refractivity contribution is -0.221. The monoisotopic (exact) mass is 452 g/mol. The van der Waals surface area contributed by atoms with Gasteiger partial charge in [0.15, 0.2) is 12.1 Å². The molecule has 2 aliphatic heterocycles. The Bertz CT molecular complexity index is 915. The Kier molecular flexibility index (Phi) is 5.23. The summed E-state index contributed by atoms with van der Waals surface area (Å²) in [5, 5.41) is 2.47. The maximum atomic E-state index is 7.56. The topological polar surface area (TPSA) is 36.9 Å². The first-order chi connectivity index (χ1) is 15.1. The molecule has 1 spiro atoms. The fourth-order valence-corrected chi connectivity index (χ4v) is 10.7. The van der Waals surface area contributed by atoms with Gasteiger partial charge in [-0.3, -0.25) is 0 Å². The lowest BCUT2D eigenvalue weighted by Gasteiger charge is -2.46. The van der Waals surface area contributed by atoms with Crippen LogP contribution in [0.5, 0.6) is 0 Å². The SMILES string of the molecule is CC[C@H]1C[C@]12O[C@@H]1OC(C)(C)O[C@H]1C2O[Si](c1ccccc1)(c1ccccc1)C(C)(C)C. The molecule has 1 aliphatic carbocycles. The van der Waals surface area contributed by atoms with Gasteiger partial charge >= 0.3 is 0 Å². The molecule has 2 aromatic carbocycles. The smallest absolute Gasteiger partial charge is 0.261 e. The van der Waals surface area contributed by atoms with Crippen LogP contribution in [-0.4, -0.2) is 38.2 Å². The minimum atomic E-state index is -2.73. The van der Waals surface area contributed by atoms with Gasteiger partial charge in [0.05, 0.1) is 0 Å². The maximum Gasteiger partial charge on any atom is 0.261 e. The summed E-state index contributed by atoms with van der Waals surface area (Å²) in [6.45, 7) is 13.1. The molecule has 32 heavy (non-hydrogen) atoms. The van der Waals surface area contributed by atoms with Crippen LogP contribution in [0, 0.1) is 5.92 Å². The molecule has 1 saturated carbocycles. The quantitative estimate of drug-likeness (QED) is 0.621. The van der Waals surface area contributed by atoms with Gasteiger partial charge in [-0.15, -0.1) is 0 Å². The van der Waals surface area contributed by atoms with Crippen LogP contribution in [0.1, 0.15) is 54.4 Å². The Labute approximate surface area is 193 Å². The molecule has 0 aromatic heterocycles. The molecule has 5 heteroatoms. The van der Waals surface area contributed by atoms with Crippen LogP contribution in [-0.2, 0) is 18.6 Å². The third-order valence-electron chi connectivity index (χ3n) is 7.51. The molecule has 5 atom stereocenters. The Balaban J connectivity index is 1.66. The second-order valence-corrected chi connectivity index (χ2v) is 15.3. The molecule has 0 N–H and O–H groups in total. The predicted molar refractivity (Wildman–Crippen MR) is 129 cm³/mol. The summed E-state index contributed by atoms with van der Waals surface area (Å²) >= 11 is 0. The van der Waals surface area contributed by atoms with Gasteiger partial charge in [-0.1, -0.05) is 94.8 Å². The fraction of sp³-hybridized carbons (Fsp3) is 0.556. The number of fused-ring (bicyclic) bond motifs is 1. The van der Waals surface area contributed by atoms with E-state index in [2.05, 4.69) is 88.4 Å². The standard InChI is InChI=1S/C27H36O4Si/c1-7-19-18-27(19)23(22-24(30-27)29-26(5,6)28-22)31-32(25(2,3)4,20-14-10-8-11-15-20)21-16-12-9-13-17-21/h8-17,19,22-24H,7,18H2,1-6H3/t19-,22-,23?,24-,27-/m0/s1. The van der Waals surface area contributed by atoms with Crippen molar-refractivity contribution in [1.29, 1.82) is 0 Å². The van der Waals surface area contributed by atoms with Gasteiger partial charge < -0.3 is 18.6 Å². The summed E-state index contributed by atoms with van der Waals surface area (Å²) in [6.07, 6.45) is 1.33. The molecule has 4 nitrogen and oxygen atoms in total. The Hall–Kier alpha value is -1.50. The van der Waals surface area contributed by atoms with Crippen LogP contribution in [0.3, 0.4) is 0 Å². The summed E-state index contributed by atoms with van der Waals surface area (Å²) in [6, 6.07) is 21.6. The van der Waals surface area contributed by atoms with Gasteiger partial charge in [0.1, 0.15) is 17.8 Å². The molecule has 172 valence electrons. The third kappa shape index (κ3) is 3.33. The van der Waals surface area contributed by atoms with E-state index in [1.54, 1.807) is 0 Å². The van der Waals surface area contributed by atoms with Crippen molar-refractivity contribution in [2.45, 2.75) is 89.3 Å². The zero-order chi connectivity index (χ0) is 22.8. The molecule has 3 aliphatic rings. The Morgan fingerprint density at radius 1 is 0.906 bits per heavy atom. The van der Waals surface area contributed by atoms with Crippen molar-refractivity contribution in [3.05, 3.63) is 60.7 Å². The molecule has 2 saturated heterocycles. The predicted octanol–water partition coefficient (Wildman–Crippen LogP) is 4.61. The molecule has 3 fully saturated rings. The van der Waals surface area contributed by atoms with E-state index >= 15 is 0 Å². The van der Waals surface area contributed by atoms with Gasteiger partial charge in [0.25, 0.3) is 8.32 Å². The van der Waals surface area contributed by atoms with Gasteiger partial charge in [0, 0.05) is 0 Å². The number of rotatable bonds is 5. The lowest BCUT2D eigenvalue weighted by atomic mass is 10.1. The van der Waals surface area contributed by atoms with Crippen molar-refractivity contribution in [3.63, 3.8) is 0 Å². The van der Waals surface area contributed by atoms with Crippen molar-refractivity contribution in [2.24, 2.45) is 5.92 Å². The highest BCUT2D eigenvalue weighted by atomic mass is 28.4. The van der Waals surface area contributed by atoms with Crippen molar-refractivity contribution in [2.75, 3.05) is 0 Å². The molecule has 0 amide bonds. The molecule has 5 rings (SSSR count). The van der Waals surface area contributed by atoms with Crippen LogP contribution < -0.4 is 10.4 Å². The maximum absolute atomic E-state index is 7.56. The van der Waals surface area contributed by atoms with Gasteiger partial charge in [-0.25, -0.2) is 0 Å². The van der Waals surface area contributed by atoms with E-state index < -0.39 is 14.1 Å². The zero-order valence-corrected chi connectivity index (χ0v) is 21.1. The molecule has 1 unspecified atom stereocenters. The van der Waals surface area contributed by atoms with Crippen molar-refractivity contribution in [1.82, 2.24) is 0 Å². The Morgan fingerprint density at radius 2 is 1.47 bits per heavy atom. The summed E-state index contributed by atoms with van der Waals surface area (Å²) in [5.74, 6) is -0.188. The first-order valence-corrected chi connectivity index (χ1v) is 13.9. The van der Waals surface area contributed by atoms with E-state index in [9.17, 15) is 0 Å². The first-order valence-electron chi connectivity index (χ1n) is 12.0. The van der Waals surface area contributed by atoms with Crippen molar-refractivity contribution >= 4 is 18.7 Å². The minimum absolute atomic E-state index is 0.0967. The normalized spacial score (nSPS) is 33.4. The highest BCUT2D eigenvalue weighted by Crippen LogP contribution is 2.61. The van der Waals surface area contributed by atoms with Crippen LogP contribution in [0.4, 0.5) is 0 Å². The highest BCUT2D eigenvalue weighted by molar-refractivity contribution is 6.99. The van der Waals surface area contributed by atoms with Crippen molar-refractivity contribution < 1.29 is 18.6 Å². The summed E-state index contributed by atoms with van der Waals surface area (Å²) in [5.41, 5.74) is -0.312. The van der Waals surface area contributed by atoms with Gasteiger partial charge in [0.2, 0.25) is 0 Å². The van der Waals surface area contributed by atoms with Crippen LogP contribution in [0.25, 0.3) is 0 Å². The molecular weight excluding hydrogens is 416 g/mol. The number of ether oxygens (including phenoxy) is 3. The van der Waals surface area contributed by atoms with Crippen molar-refractivity contribution in [3.8, 4) is 0 Å². The third-order valence-corrected chi connectivity index (χ3v) is 12.5. The molecular formula is C27H36O4Si.